The van der Waals surface area contributed by atoms with Gasteiger partial charge < -0.3 is 15.0 Å². The molecule has 1 aromatic rings. The molecule has 0 radical (unpaired) electrons. The minimum atomic E-state index is -0.323. The van der Waals surface area contributed by atoms with Crippen molar-refractivity contribution in [3.8, 4) is 5.75 Å². The second kappa shape index (κ2) is 5.35. The molecule has 6 heteroatoms. The fraction of sp³-hybridized carbons (Fsp3) is 0.364. The molecule has 1 N–H and O–H groups in total. The summed E-state index contributed by atoms with van der Waals surface area (Å²) >= 11 is 3.08. The lowest BCUT2D eigenvalue weighted by Crippen LogP contribution is -2.31. The number of carbonyl (C=O) groups is 1. The third kappa shape index (κ3) is 3.09. The molecule has 0 unspecified atom stereocenters. The van der Waals surface area contributed by atoms with E-state index in [-0.39, 0.29) is 11.8 Å². The Bertz CT molecular complexity index is 428. The Morgan fingerprint density at radius 1 is 1.53 bits per heavy atom. The largest absolute Gasteiger partial charge is 0.492 e. The molecule has 0 aromatic heterocycles. The number of urea groups is 1. The van der Waals surface area contributed by atoms with Gasteiger partial charge in [0.1, 0.15) is 18.2 Å². The molecule has 1 fully saturated rings. The summed E-state index contributed by atoms with van der Waals surface area (Å²) in [5.74, 6) is 0.258. The quantitative estimate of drug-likeness (QED) is 0.924. The summed E-state index contributed by atoms with van der Waals surface area (Å²) in [5, 5.41) is 2.71. The van der Waals surface area contributed by atoms with E-state index in [4.69, 9.17) is 4.74 Å². The van der Waals surface area contributed by atoms with E-state index >= 15 is 0 Å². The van der Waals surface area contributed by atoms with E-state index in [2.05, 4.69) is 21.2 Å². The molecule has 17 heavy (non-hydrogen) atoms. The number of ether oxygens (including phenoxy) is 1. The van der Waals surface area contributed by atoms with Gasteiger partial charge in [-0.1, -0.05) is 0 Å². The molecule has 0 spiro atoms. The molecule has 0 saturated carbocycles. The highest BCUT2D eigenvalue weighted by Gasteiger charge is 2.18. The second-order valence-electron chi connectivity index (χ2n) is 3.64. The van der Waals surface area contributed by atoms with Gasteiger partial charge in [0.15, 0.2) is 0 Å². The Morgan fingerprint density at radius 2 is 2.35 bits per heavy atom. The van der Waals surface area contributed by atoms with E-state index in [0.29, 0.717) is 36.5 Å². The number of hydrogen-bond donors (Lipinski definition) is 1. The molecule has 0 bridgehead atoms. The van der Waals surface area contributed by atoms with Crippen molar-refractivity contribution in [1.82, 2.24) is 10.2 Å². The molecule has 0 atom stereocenters. The SMILES string of the molecule is O=C1NCCN1CCOc1ccc(F)c(Br)c1. The highest BCUT2D eigenvalue weighted by atomic mass is 79.9. The standard InChI is InChI=1S/C11H12BrFN2O2/c12-9-7-8(1-2-10(9)13)17-6-5-15-4-3-14-11(15)16/h1-2,7H,3-6H2,(H,14,16). The predicted octanol–water partition coefficient (Wildman–Crippen LogP) is 1.99. The van der Waals surface area contributed by atoms with Gasteiger partial charge in [-0.05, 0) is 34.1 Å². The number of nitrogens with one attached hydrogen (secondary N) is 1. The van der Waals surface area contributed by atoms with Gasteiger partial charge in [-0.2, -0.15) is 0 Å². The molecule has 1 aromatic carbocycles. The van der Waals surface area contributed by atoms with Crippen molar-refractivity contribution in [3.63, 3.8) is 0 Å². The third-order valence-electron chi connectivity index (χ3n) is 2.47. The number of halogens is 2. The van der Waals surface area contributed by atoms with Crippen LogP contribution in [0.1, 0.15) is 0 Å². The lowest BCUT2D eigenvalue weighted by Gasteiger charge is -2.14. The zero-order valence-corrected chi connectivity index (χ0v) is 10.7. The van der Waals surface area contributed by atoms with E-state index in [9.17, 15) is 9.18 Å². The number of hydrogen-bond acceptors (Lipinski definition) is 2. The van der Waals surface area contributed by atoms with Crippen LogP contribution in [0.4, 0.5) is 9.18 Å². The minimum Gasteiger partial charge on any atom is -0.492 e. The van der Waals surface area contributed by atoms with Crippen LogP contribution in [0.25, 0.3) is 0 Å². The van der Waals surface area contributed by atoms with E-state index in [1.165, 1.54) is 6.07 Å². The maximum Gasteiger partial charge on any atom is 0.317 e. The molecule has 1 saturated heterocycles. The average molecular weight is 303 g/mol. The van der Waals surface area contributed by atoms with Gasteiger partial charge in [0, 0.05) is 13.1 Å². The molecule has 2 amide bonds. The lowest BCUT2D eigenvalue weighted by atomic mass is 10.3. The number of benzene rings is 1. The highest BCUT2D eigenvalue weighted by Crippen LogP contribution is 2.21. The first kappa shape index (κ1) is 12.2. The Kier molecular flexibility index (Phi) is 3.83. The molecule has 1 aliphatic rings. The molecule has 0 aliphatic carbocycles. The molecule has 1 aliphatic heterocycles. The average Bonchev–Trinajstić information content (AvgIpc) is 2.70. The van der Waals surface area contributed by atoms with Gasteiger partial charge in [-0.3, -0.25) is 0 Å². The lowest BCUT2D eigenvalue weighted by molar-refractivity contribution is 0.202. The number of nitrogens with zero attached hydrogens (tertiary/aromatic N) is 1. The van der Waals surface area contributed by atoms with Crippen LogP contribution in [-0.4, -0.2) is 37.2 Å². The van der Waals surface area contributed by atoms with Crippen LogP contribution >= 0.6 is 15.9 Å². The summed E-state index contributed by atoms with van der Waals surface area (Å²) in [6.07, 6.45) is 0. The summed E-state index contributed by atoms with van der Waals surface area (Å²) in [6, 6.07) is 4.40. The van der Waals surface area contributed by atoms with Gasteiger partial charge >= 0.3 is 6.03 Å². The van der Waals surface area contributed by atoms with Crippen LogP contribution in [0, 0.1) is 5.82 Å². The maximum absolute atomic E-state index is 13.0. The minimum absolute atomic E-state index is 0.0612. The first-order valence-corrected chi connectivity index (χ1v) is 6.07. The highest BCUT2D eigenvalue weighted by molar-refractivity contribution is 9.10. The molecular formula is C11H12BrFN2O2. The van der Waals surface area contributed by atoms with Crippen LogP contribution in [-0.2, 0) is 0 Å². The zero-order chi connectivity index (χ0) is 12.3. The Morgan fingerprint density at radius 3 is 3.00 bits per heavy atom. The zero-order valence-electron chi connectivity index (χ0n) is 9.08. The van der Waals surface area contributed by atoms with Gasteiger partial charge in [-0.15, -0.1) is 0 Å². The smallest absolute Gasteiger partial charge is 0.317 e. The molecule has 4 nitrogen and oxygen atoms in total. The van der Waals surface area contributed by atoms with Crippen molar-refractivity contribution in [1.29, 1.82) is 0 Å². The van der Waals surface area contributed by atoms with Gasteiger partial charge in [0.25, 0.3) is 0 Å². The summed E-state index contributed by atoms with van der Waals surface area (Å²) in [5.41, 5.74) is 0. The maximum atomic E-state index is 13.0. The summed E-state index contributed by atoms with van der Waals surface area (Å²) in [7, 11) is 0. The Labute approximate surface area is 107 Å². The molecule has 1 heterocycles. The third-order valence-corrected chi connectivity index (χ3v) is 3.07. The van der Waals surface area contributed by atoms with Crippen molar-refractivity contribution >= 4 is 22.0 Å². The van der Waals surface area contributed by atoms with Crippen molar-refractivity contribution in [2.24, 2.45) is 0 Å². The fourth-order valence-corrected chi connectivity index (χ4v) is 1.92. The van der Waals surface area contributed by atoms with Crippen molar-refractivity contribution in [2.45, 2.75) is 0 Å². The van der Waals surface area contributed by atoms with Crippen molar-refractivity contribution < 1.29 is 13.9 Å². The number of rotatable bonds is 4. The second-order valence-corrected chi connectivity index (χ2v) is 4.50. The first-order valence-electron chi connectivity index (χ1n) is 5.27. The van der Waals surface area contributed by atoms with Crippen LogP contribution in [0.3, 0.4) is 0 Å². The summed E-state index contributed by atoms with van der Waals surface area (Å²) < 4.78 is 18.8. The van der Waals surface area contributed by atoms with Crippen LogP contribution in [0.5, 0.6) is 5.75 Å². The van der Waals surface area contributed by atoms with Gasteiger partial charge in [-0.25, -0.2) is 9.18 Å². The summed E-state index contributed by atoms with van der Waals surface area (Å²) in [6.45, 7) is 2.31. The number of amides is 2. The fourth-order valence-electron chi connectivity index (χ4n) is 1.56. The van der Waals surface area contributed by atoms with Gasteiger partial charge in [0.05, 0.1) is 11.0 Å². The van der Waals surface area contributed by atoms with E-state index in [1.807, 2.05) is 0 Å². The van der Waals surface area contributed by atoms with Crippen LogP contribution < -0.4 is 10.1 Å². The van der Waals surface area contributed by atoms with E-state index in [1.54, 1.807) is 17.0 Å². The normalized spacial score (nSPS) is 14.9. The van der Waals surface area contributed by atoms with E-state index in [0.717, 1.165) is 0 Å². The molecule has 2 rings (SSSR count). The number of carbonyl (C=O) groups excluding carboxylic acids is 1. The first-order chi connectivity index (χ1) is 8.16. The Hall–Kier alpha value is -1.30. The van der Waals surface area contributed by atoms with Gasteiger partial charge in [0.2, 0.25) is 0 Å². The van der Waals surface area contributed by atoms with Crippen LogP contribution in [0.2, 0.25) is 0 Å². The van der Waals surface area contributed by atoms with Crippen molar-refractivity contribution in [2.75, 3.05) is 26.2 Å². The van der Waals surface area contributed by atoms with E-state index < -0.39 is 0 Å². The predicted molar refractivity (Wildman–Crippen MR) is 64.6 cm³/mol. The topological polar surface area (TPSA) is 41.6 Å². The Balaban J connectivity index is 1.81. The van der Waals surface area contributed by atoms with Crippen LogP contribution in [0.15, 0.2) is 22.7 Å². The summed E-state index contributed by atoms with van der Waals surface area (Å²) in [4.78, 5) is 12.9. The molecular weight excluding hydrogens is 291 g/mol. The monoisotopic (exact) mass is 302 g/mol. The molecule has 92 valence electrons. The van der Waals surface area contributed by atoms with Crippen molar-refractivity contribution in [3.05, 3.63) is 28.5 Å².